The Morgan fingerprint density at radius 2 is 2.00 bits per heavy atom. The zero-order valence-electron chi connectivity index (χ0n) is 10.9. The zero-order chi connectivity index (χ0) is 14.1. The SMILES string of the molecule is O=C(OCc1ccc([N+](=O)[O-])cc1)[C@@H]1C[C@@H]2C=C[C@H]1C2. The first-order chi connectivity index (χ1) is 9.63. The van der Waals surface area contributed by atoms with E-state index in [9.17, 15) is 14.9 Å². The molecule has 104 valence electrons. The number of rotatable bonds is 4. The van der Waals surface area contributed by atoms with Crippen LogP contribution in [0.1, 0.15) is 18.4 Å². The van der Waals surface area contributed by atoms with Crippen LogP contribution in [-0.2, 0) is 16.1 Å². The number of nitrogens with zero attached hydrogens (tertiary/aromatic N) is 1. The number of carbonyl (C=O) groups excluding carboxylic acids is 1. The van der Waals surface area contributed by atoms with Crippen molar-refractivity contribution in [3.05, 3.63) is 52.1 Å². The van der Waals surface area contributed by atoms with Crippen LogP contribution in [0.5, 0.6) is 0 Å². The second-order valence-electron chi connectivity index (χ2n) is 5.42. The van der Waals surface area contributed by atoms with E-state index in [-0.39, 0.29) is 24.2 Å². The van der Waals surface area contributed by atoms with Gasteiger partial charge in [-0.15, -0.1) is 0 Å². The molecular formula is C15H15NO4. The molecule has 0 heterocycles. The van der Waals surface area contributed by atoms with E-state index in [2.05, 4.69) is 12.2 Å². The summed E-state index contributed by atoms with van der Waals surface area (Å²) in [7, 11) is 0. The molecular weight excluding hydrogens is 258 g/mol. The van der Waals surface area contributed by atoms with E-state index in [4.69, 9.17) is 4.74 Å². The van der Waals surface area contributed by atoms with Crippen LogP contribution in [0.25, 0.3) is 0 Å². The maximum absolute atomic E-state index is 12.0. The Bertz CT molecular complexity index is 564. The summed E-state index contributed by atoms with van der Waals surface area (Å²) in [6.07, 6.45) is 6.26. The van der Waals surface area contributed by atoms with Gasteiger partial charge in [0, 0.05) is 12.1 Å². The number of ether oxygens (including phenoxy) is 1. The van der Waals surface area contributed by atoms with Crippen molar-refractivity contribution >= 4 is 11.7 Å². The first kappa shape index (κ1) is 12.8. The molecule has 2 aliphatic rings. The molecule has 0 unspecified atom stereocenters. The number of allylic oxidation sites excluding steroid dienone is 2. The first-order valence-electron chi connectivity index (χ1n) is 6.72. The molecule has 2 aliphatic carbocycles. The maximum atomic E-state index is 12.0. The molecule has 5 nitrogen and oxygen atoms in total. The molecule has 1 fully saturated rings. The van der Waals surface area contributed by atoms with Crippen molar-refractivity contribution in [2.75, 3.05) is 0 Å². The van der Waals surface area contributed by atoms with Crippen LogP contribution in [0.15, 0.2) is 36.4 Å². The number of fused-ring (bicyclic) bond motifs is 2. The fourth-order valence-electron chi connectivity index (χ4n) is 3.03. The van der Waals surface area contributed by atoms with Crippen LogP contribution >= 0.6 is 0 Å². The minimum absolute atomic E-state index is 0.0111. The van der Waals surface area contributed by atoms with Crippen molar-refractivity contribution in [3.8, 4) is 0 Å². The van der Waals surface area contributed by atoms with Gasteiger partial charge in [-0.25, -0.2) is 0 Å². The average Bonchev–Trinajstić information content (AvgIpc) is 3.08. The van der Waals surface area contributed by atoms with Crippen LogP contribution < -0.4 is 0 Å². The third-order valence-electron chi connectivity index (χ3n) is 4.11. The zero-order valence-corrected chi connectivity index (χ0v) is 10.9. The van der Waals surface area contributed by atoms with Gasteiger partial charge in [-0.3, -0.25) is 14.9 Å². The van der Waals surface area contributed by atoms with Gasteiger partial charge in [-0.1, -0.05) is 12.2 Å². The number of carbonyl (C=O) groups is 1. The highest BCUT2D eigenvalue weighted by Crippen LogP contribution is 2.43. The third kappa shape index (κ3) is 2.43. The van der Waals surface area contributed by atoms with Gasteiger partial charge in [0.2, 0.25) is 0 Å². The second-order valence-corrected chi connectivity index (χ2v) is 5.42. The third-order valence-corrected chi connectivity index (χ3v) is 4.11. The van der Waals surface area contributed by atoms with Crippen molar-refractivity contribution in [1.29, 1.82) is 0 Å². The number of esters is 1. The highest BCUT2D eigenvalue weighted by molar-refractivity contribution is 5.74. The summed E-state index contributed by atoms with van der Waals surface area (Å²) in [4.78, 5) is 22.1. The van der Waals surface area contributed by atoms with Crippen molar-refractivity contribution in [2.45, 2.75) is 19.4 Å². The topological polar surface area (TPSA) is 69.4 Å². The summed E-state index contributed by atoms with van der Waals surface area (Å²) in [6.45, 7) is 0.175. The van der Waals surface area contributed by atoms with Crippen molar-refractivity contribution < 1.29 is 14.5 Å². The summed E-state index contributed by atoms with van der Waals surface area (Å²) in [5.41, 5.74) is 0.806. The van der Waals surface area contributed by atoms with E-state index >= 15 is 0 Å². The number of hydrogen-bond donors (Lipinski definition) is 0. The van der Waals surface area contributed by atoms with E-state index in [0.717, 1.165) is 18.4 Å². The predicted molar refractivity (Wildman–Crippen MR) is 71.7 cm³/mol. The lowest BCUT2D eigenvalue weighted by Crippen LogP contribution is -2.21. The first-order valence-corrected chi connectivity index (χ1v) is 6.72. The number of benzene rings is 1. The molecule has 0 aromatic heterocycles. The van der Waals surface area contributed by atoms with Gasteiger partial charge in [0.1, 0.15) is 6.61 Å². The Morgan fingerprint density at radius 1 is 1.25 bits per heavy atom. The minimum atomic E-state index is -0.447. The quantitative estimate of drug-likeness (QED) is 0.366. The van der Waals surface area contributed by atoms with Gasteiger partial charge < -0.3 is 4.74 Å². The predicted octanol–water partition coefficient (Wildman–Crippen LogP) is 2.85. The molecule has 0 N–H and O–H groups in total. The smallest absolute Gasteiger partial charge is 0.309 e. The fraction of sp³-hybridized carbons (Fsp3) is 0.400. The lowest BCUT2D eigenvalue weighted by atomic mass is 9.94. The van der Waals surface area contributed by atoms with Gasteiger partial charge in [0.05, 0.1) is 10.8 Å². The Morgan fingerprint density at radius 3 is 2.55 bits per heavy atom. The molecule has 0 aliphatic heterocycles. The van der Waals surface area contributed by atoms with Gasteiger partial charge >= 0.3 is 5.97 Å². The summed E-state index contributed by atoms with van der Waals surface area (Å²) < 4.78 is 5.32. The largest absolute Gasteiger partial charge is 0.461 e. The molecule has 0 radical (unpaired) electrons. The van der Waals surface area contributed by atoms with Crippen LogP contribution in [0.4, 0.5) is 5.69 Å². The van der Waals surface area contributed by atoms with Crippen LogP contribution in [0.3, 0.4) is 0 Å². The molecule has 1 aromatic carbocycles. The molecule has 3 rings (SSSR count). The maximum Gasteiger partial charge on any atom is 0.309 e. The number of hydrogen-bond acceptors (Lipinski definition) is 4. The highest BCUT2D eigenvalue weighted by atomic mass is 16.6. The Balaban J connectivity index is 1.55. The van der Waals surface area contributed by atoms with E-state index < -0.39 is 4.92 Å². The number of non-ortho nitro benzene ring substituents is 1. The lowest BCUT2D eigenvalue weighted by molar-refractivity contribution is -0.384. The summed E-state index contributed by atoms with van der Waals surface area (Å²) >= 11 is 0. The number of nitro groups is 1. The summed E-state index contributed by atoms with van der Waals surface area (Å²) in [6, 6.07) is 6.07. The van der Waals surface area contributed by atoms with E-state index in [1.807, 2.05) is 0 Å². The molecule has 1 aromatic rings. The van der Waals surface area contributed by atoms with E-state index in [0.29, 0.717) is 11.8 Å². The molecule has 1 saturated carbocycles. The molecule has 0 spiro atoms. The standard InChI is InChI=1S/C15H15NO4/c17-15(14-8-11-1-4-12(14)7-11)20-9-10-2-5-13(6-3-10)16(18)19/h1-6,11-12,14H,7-9H2/t11-,12+,14-/m1/s1. The van der Waals surface area contributed by atoms with Crippen molar-refractivity contribution in [2.24, 2.45) is 17.8 Å². The second kappa shape index (κ2) is 5.07. The monoisotopic (exact) mass is 273 g/mol. The van der Waals surface area contributed by atoms with Gasteiger partial charge in [0.15, 0.2) is 0 Å². The normalized spacial score (nSPS) is 26.7. The van der Waals surface area contributed by atoms with Gasteiger partial charge in [-0.2, -0.15) is 0 Å². The van der Waals surface area contributed by atoms with Crippen LogP contribution in [0.2, 0.25) is 0 Å². The average molecular weight is 273 g/mol. The van der Waals surface area contributed by atoms with Gasteiger partial charge in [0.25, 0.3) is 5.69 Å². The lowest BCUT2D eigenvalue weighted by Gasteiger charge is -2.16. The van der Waals surface area contributed by atoms with Gasteiger partial charge in [-0.05, 0) is 42.4 Å². The highest BCUT2D eigenvalue weighted by Gasteiger charge is 2.40. The molecule has 20 heavy (non-hydrogen) atoms. The Labute approximate surface area is 116 Å². The van der Waals surface area contributed by atoms with E-state index in [1.165, 1.54) is 12.1 Å². The van der Waals surface area contributed by atoms with Crippen LogP contribution in [-0.4, -0.2) is 10.9 Å². The molecule has 5 heteroatoms. The Kier molecular flexibility index (Phi) is 3.26. The van der Waals surface area contributed by atoms with E-state index in [1.54, 1.807) is 12.1 Å². The van der Waals surface area contributed by atoms with Crippen LogP contribution in [0, 0.1) is 27.9 Å². The van der Waals surface area contributed by atoms with Crippen molar-refractivity contribution in [3.63, 3.8) is 0 Å². The minimum Gasteiger partial charge on any atom is -0.461 e. The molecule has 0 amide bonds. The van der Waals surface area contributed by atoms with Crippen molar-refractivity contribution in [1.82, 2.24) is 0 Å². The fourth-order valence-corrected chi connectivity index (χ4v) is 3.03. The summed E-state index contributed by atoms with van der Waals surface area (Å²) in [5.74, 6) is 0.713. The molecule has 0 saturated heterocycles. The Hall–Kier alpha value is -2.17. The molecule has 2 bridgehead atoms. The number of nitro benzene ring substituents is 1. The summed E-state index contributed by atoms with van der Waals surface area (Å²) in [5, 5.41) is 10.5. The molecule has 3 atom stereocenters.